The Morgan fingerprint density at radius 3 is 2.77 bits per heavy atom. The number of methoxy groups -OCH3 is 1. The van der Waals surface area contributed by atoms with E-state index in [-0.39, 0.29) is 5.15 Å². The molecule has 0 saturated carbocycles. The van der Waals surface area contributed by atoms with Crippen molar-refractivity contribution in [1.29, 1.82) is 0 Å². The van der Waals surface area contributed by atoms with Crippen LogP contribution >= 0.6 is 22.9 Å². The summed E-state index contributed by atoms with van der Waals surface area (Å²) >= 11 is 7.32. The van der Waals surface area contributed by atoms with E-state index in [1.54, 1.807) is 0 Å². The van der Waals surface area contributed by atoms with Crippen molar-refractivity contribution in [3.05, 3.63) is 28.0 Å². The monoisotopic (exact) mass is 340 g/mol. The van der Waals surface area contributed by atoms with Gasteiger partial charge in [-0.25, -0.2) is 9.78 Å². The van der Waals surface area contributed by atoms with Crippen LogP contribution in [-0.2, 0) is 11.8 Å². The molecule has 0 aromatic carbocycles. The minimum atomic E-state index is -0.431. The summed E-state index contributed by atoms with van der Waals surface area (Å²) in [6.07, 6.45) is 6.10. The Bertz CT molecular complexity index is 676. The predicted octanol–water partition coefficient (Wildman–Crippen LogP) is 2.70. The first-order valence-electron chi connectivity index (χ1n) is 7.06. The molecular formula is C14H17ClN4O2S. The van der Waals surface area contributed by atoms with Crippen LogP contribution in [0.2, 0.25) is 5.15 Å². The second kappa shape index (κ2) is 6.26. The van der Waals surface area contributed by atoms with Gasteiger partial charge in [0.2, 0.25) is 0 Å². The molecule has 0 bridgehead atoms. The molecular weight excluding hydrogens is 324 g/mol. The minimum absolute atomic E-state index is 0.223. The SMILES string of the molecule is COC(=O)c1sc(N2CCC(c3cnn(C)c3)CC2)nc1Cl. The second-order valence-electron chi connectivity index (χ2n) is 5.32. The lowest BCUT2D eigenvalue weighted by Gasteiger charge is -2.31. The van der Waals surface area contributed by atoms with Gasteiger partial charge in [0.1, 0.15) is 0 Å². The fourth-order valence-electron chi connectivity index (χ4n) is 2.70. The van der Waals surface area contributed by atoms with Crippen LogP contribution in [0.15, 0.2) is 12.4 Å². The molecule has 6 nitrogen and oxygen atoms in total. The highest BCUT2D eigenvalue weighted by Gasteiger charge is 2.26. The number of anilines is 1. The molecule has 8 heteroatoms. The molecule has 0 N–H and O–H groups in total. The van der Waals surface area contributed by atoms with Gasteiger partial charge in [-0.2, -0.15) is 5.10 Å². The molecule has 1 fully saturated rings. The first-order chi connectivity index (χ1) is 10.6. The third-order valence-corrected chi connectivity index (χ3v) is 5.39. The molecule has 3 rings (SSSR count). The largest absolute Gasteiger partial charge is 0.465 e. The van der Waals surface area contributed by atoms with E-state index in [0.717, 1.165) is 31.1 Å². The number of piperidine rings is 1. The standard InChI is InChI=1S/C14H17ClN4O2S/c1-18-8-10(7-16-18)9-3-5-19(6-4-9)14-17-12(15)11(22-14)13(20)21-2/h7-9H,3-6H2,1-2H3. The normalized spacial score (nSPS) is 16.0. The molecule has 22 heavy (non-hydrogen) atoms. The summed E-state index contributed by atoms with van der Waals surface area (Å²) in [6, 6.07) is 0. The van der Waals surface area contributed by atoms with Crippen LogP contribution in [-0.4, -0.2) is 40.9 Å². The summed E-state index contributed by atoms with van der Waals surface area (Å²) < 4.78 is 6.55. The maximum Gasteiger partial charge on any atom is 0.351 e. The van der Waals surface area contributed by atoms with Crippen LogP contribution in [0.3, 0.4) is 0 Å². The highest BCUT2D eigenvalue weighted by Crippen LogP contribution is 2.34. The van der Waals surface area contributed by atoms with Gasteiger partial charge in [0.05, 0.1) is 13.3 Å². The van der Waals surface area contributed by atoms with Crippen molar-refractivity contribution >= 4 is 34.0 Å². The van der Waals surface area contributed by atoms with Crippen LogP contribution in [0, 0.1) is 0 Å². The number of aromatic nitrogens is 3. The summed E-state index contributed by atoms with van der Waals surface area (Å²) in [7, 11) is 3.28. The smallest absolute Gasteiger partial charge is 0.351 e. The first-order valence-corrected chi connectivity index (χ1v) is 8.26. The quantitative estimate of drug-likeness (QED) is 0.804. The topological polar surface area (TPSA) is 60.2 Å². The Hall–Kier alpha value is -1.60. The van der Waals surface area contributed by atoms with Gasteiger partial charge in [-0.1, -0.05) is 22.9 Å². The van der Waals surface area contributed by atoms with E-state index in [9.17, 15) is 4.79 Å². The van der Waals surface area contributed by atoms with Gasteiger partial charge in [-0.05, 0) is 24.3 Å². The number of esters is 1. The van der Waals surface area contributed by atoms with E-state index >= 15 is 0 Å². The van der Waals surface area contributed by atoms with Gasteiger partial charge in [-0.3, -0.25) is 4.68 Å². The molecule has 0 atom stereocenters. The number of carbonyl (C=O) groups is 1. The molecule has 118 valence electrons. The van der Waals surface area contributed by atoms with E-state index in [1.807, 2.05) is 17.9 Å². The maximum absolute atomic E-state index is 11.6. The average Bonchev–Trinajstić information content (AvgIpc) is 3.13. The zero-order valence-corrected chi connectivity index (χ0v) is 14.0. The maximum atomic E-state index is 11.6. The lowest BCUT2D eigenvalue weighted by atomic mass is 9.92. The summed E-state index contributed by atoms with van der Waals surface area (Å²) in [5.74, 6) is 0.0967. The fourth-order valence-corrected chi connectivity index (χ4v) is 3.95. The van der Waals surface area contributed by atoms with E-state index in [1.165, 1.54) is 24.0 Å². The molecule has 0 radical (unpaired) electrons. The first kappa shape index (κ1) is 15.3. The molecule has 2 aromatic heterocycles. The van der Waals surface area contributed by atoms with Crippen molar-refractivity contribution < 1.29 is 9.53 Å². The summed E-state index contributed by atoms with van der Waals surface area (Å²) in [5, 5.41) is 5.25. The molecule has 3 heterocycles. The Morgan fingerprint density at radius 1 is 1.45 bits per heavy atom. The Balaban J connectivity index is 1.67. The zero-order chi connectivity index (χ0) is 15.7. The van der Waals surface area contributed by atoms with Crippen LogP contribution in [0.4, 0.5) is 5.13 Å². The molecule has 0 spiro atoms. The van der Waals surface area contributed by atoms with Crippen LogP contribution in [0.1, 0.15) is 34.0 Å². The summed E-state index contributed by atoms with van der Waals surface area (Å²) in [6.45, 7) is 1.79. The molecule has 1 aliphatic heterocycles. The third-order valence-electron chi connectivity index (χ3n) is 3.91. The Labute approximate surface area is 137 Å². The van der Waals surface area contributed by atoms with Crippen molar-refractivity contribution in [2.75, 3.05) is 25.1 Å². The van der Waals surface area contributed by atoms with Gasteiger partial charge < -0.3 is 9.64 Å². The van der Waals surface area contributed by atoms with Crippen molar-refractivity contribution in [2.45, 2.75) is 18.8 Å². The number of carbonyl (C=O) groups excluding carboxylic acids is 1. The van der Waals surface area contributed by atoms with Gasteiger partial charge in [0.25, 0.3) is 0 Å². The summed E-state index contributed by atoms with van der Waals surface area (Å²) in [5.41, 5.74) is 1.29. The number of halogens is 1. The van der Waals surface area contributed by atoms with Crippen molar-refractivity contribution in [3.63, 3.8) is 0 Å². The van der Waals surface area contributed by atoms with Crippen LogP contribution in [0.5, 0.6) is 0 Å². The number of aryl methyl sites for hydroxylation is 1. The van der Waals surface area contributed by atoms with Crippen molar-refractivity contribution in [1.82, 2.24) is 14.8 Å². The highest BCUT2D eigenvalue weighted by molar-refractivity contribution is 7.18. The van der Waals surface area contributed by atoms with Gasteiger partial charge in [-0.15, -0.1) is 0 Å². The Morgan fingerprint density at radius 2 is 2.18 bits per heavy atom. The lowest BCUT2D eigenvalue weighted by molar-refractivity contribution is 0.0606. The molecule has 0 unspecified atom stereocenters. The second-order valence-corrected chi connectivity index (χ2v) is 6.65. The molecule has 0 aliphatic carbocycles. The van der Waals surface area contributed by atoms with Crippen LogP contribution in [0.25, 0.3) is 0 Å². The number of hydrogen-bond acceptors (Lipinski definition) is 6. The van der Waals surface area contributed by atoms with E-state index in [0.29, 0.717) is 10.8 Å². The van der Waals surface area contributed by atoms with Crippen molar-refractivity contribution in [2.24, 2.45) is 7.05 Å². The van der Waals surface area contributed by atoms with E-state index in [4.69, 9.17) is 16.3 Å². The molecule has 1 aliphatic rings. The molecule has 0 amide bonds. The average molecular weight is 341 g/mol. The van der Waals surface area contributed by atoms with Gasteiger partial charge in [0.15, 0.2) is 15.2 Å². The number of hydrogen-bond donors (Lipinski definition) is 0. The van der Waals surface area contributed by atoms with Crippen molar-refractivity contribution in [3.8, 4) is 0 Å². The third kappa shape index (κ3) is 2.96. The molecule has 1 saturated heterocycles. The minimum Gasteiger partial charge on any atom is -0.465 e. The Kier molecular flexibility index (Phi) is 4.35. The van der Waals surface area contributed by atoms with Crippen LogP contribution < -0.4 is 4.90 Å². The van der Waals surface area contributed by atoms with E-state index in [2.05, 4.69) is 21.2 Å². The van der Waals surface area contributed by atoms with Gasteiger partial charge in [0, 0.05) is 26.3 Å². The number of thiazole rings is 1. The fraction of sp³-hybridized carbons (Fsp3) is 0.500. The molecule has 2 aromatic rings. The zero-order valence-electron chi connectivity index (χ0n) is 12.5. The number of nitrogens with zero attached hydrogens (tertiary/aromatic N) is 4. The van der Waals surface area contributed by atoms with E-state index < -0.39 is 5.97 Å². The summed E-state index contributed by atoms with van der Waals surface area (Å²) in [4.78, 5) is 18.4. The highest BCUT2D eigenvalue weighted by atomic mass is 35.5. The number of ether oxygens (including phenoxy) is 1. The number of rotatable bonds is 3. The van der Waals surface area contributed by atoms with Gasteiger partial charge >= 0.3 is 5.97 Å². The predicted molar refractivity (Wildman–Crippen MR) is 85.9 cm³/mol. The lowest BCUT2D eigenvalue weighted by Crippen LogP contribution is -2.32.